The molecule has 52 heavy (non-hydrogen) atoms. The van der Waals surface area contributed by atoms with E-state index in [4.69, 9.17) is 22.6 Å². The van der Waals surface area contributed by atoms with Crippen LogP contribution in [0.15, 0.2) is 116 Å². The van der Waals surface area contributed by atoms with Gasteiger partial charge >= 0.3 is 6.18 Å². The summed E-state index contributed by atoms with van der Waals surface area (Å²) in [5.41, 5.74) is 1.42. The number of anilines is 2. The van der Waals surface area contributed by atoms with Crippen molar-refractivity contribution in [3.63, 3.8) is 0 Å². The molecule has 2 unspecified atom stereocenters. The van der Waals surface area contributed by atoms with E-state index in [2.05, 4.69) is 38.7 Å². The molecule has 2 fully saturated rings. The van der Waals surface area contributed by atoms with Gasteiger partial charge in [-0.3, -0.25) is 0 Å². The Kier molecular flexibility index (Phi) is 12.0. The van der Waals surface area contributed by atoms with E-state index in [1.807, 2.05) is 24.3 Å². The molecule has 0 spiro atoms. The molecule has 4 aromatic rings. The van der Waals surface area contributed by atoms with E-state index in [9.17, 15) is 23.4 Å². The molecule has 0 saturated carbocycles. The second kappa shape index (κ2) is 16.8. The number of benzene rings is 4. The lowest BCUT2D eigenvalue weighted by Crippen LogP contribution is -2.29. The van der Waals surface area contributed by atoms with Gasteiger partial charge in [0.1, 0.15) is 23.0 Å². The summed E-state index contributed by atoms with van der Waals surface area (Å²) >= 11 is 0. The highest BCUT2D eigenvalue weighted by atomic mass is 19.4. The summed E-state index contributed by atoms with van der Waals surface area (Å²) in [6.07, 6.45) is 0.448. The molecule has 2 N–H and O–H groups in total. The fourth-order valence-electron chi connectivity index (χ4n) is 6.52. The third kappa shape index (κ3) is 9.79. The average molecular weight is 709 g/mol. The van der Waals surface area contributed by atoms with Crippen LogP contribution >= 0.6 is 0 Å². The lowest BCUT2D eigenvalue weighted by molar-refractivity contribution is -0.138. The van der Waals surface area contributed by atoms with Gasteiger partial charge in [-0.2, -0.15) is 13.2 Å². The number of aliphatic hydroxyl groups is 2. The number of hydrogen-bond donors (Lipinski definition) is 2. The Morgan fingerprint density at radius 1 is 0.692 bits per heavy atom. The van der Waals surface area contributed by atoms with Crippen LogP contribution in [-0.4, -0.2) is 35.4 Å². The van der Waals surface area contributed by atoms with Gasteiger partial charge in [0.05, 0.1) is 30.2 Å². The van der Waals surface area contributed by atoms with Crippen LogP contribution in [0.3, 0.4) is 0 Å². The van der Waals surface area contributed by atoms with E-state index >= 15 is 0 Å². The van der Waals surface area contributed by atoms with Gasteiger partial charge in [-0.15, -0.1) is 0 Å². The fraction of sp³-hybridized carbons (Fsp3) is 0.268. The minimum absolute atomic E-state index is 0.0939. The van der Waals surface area contributed by atoms with Crippen LogP contribution in [0.25, 0.3) is 9.69 Å². The van der Waals surface area contributed by atoms with Gasteiger partial charge in [0, 0.05) is 61.5 Å². The summed E-state index contributed by atoms with van der Waals surface area (Å²) in [7, 11) is 0. The third-order valence-corrected chi connectivity index (χ3v) is 8.82. The molecular formula is C41H39F3N4O4. The summed E-state index contributed by atoms with van der Waals surface area (Å²) in [4.78, 5) is 10.8. The van der Waals surface area contributed by atoms with Crippen molar-refractivity contribution in [3.05, 3.63) is 144 Å². The van der Waals surface area contributed by atoms with Crippen LogP contribution < -0.4 is 19.3 Å². The maximum Gasteiger partial charge on any atom is 0.418 e. The zero-order valence-corrected chi connectivity index (χ0v) is 28.5. The van der Waals surface area contributed by atoms with Crippen LogP contribution in [0, 0.1) is 13.1 Å². The monoisotopic (exact) mass is 708 g/mol. The lowest BCUT2D eigenvalue weighted by Gasteiger charge is -2.27. The van der Waals surface area contributed by atoms with Crippen LogP contribution in [0.1, 0.15) is 44.1 Å². The zero-order chi connectivity index (χ0) is 37.3. The minimum Gasteiger partial charge on any atom is -0.513 e. The summed E-state index contributed by atoms with van der Waals surface area (Å²) in [5, 5.41) is 19.0. The molecule has 11 heteroatoms. The van der Waals surface area contributed by atoms with Gasteiger partial charge < -0.3 is 29.5 Å². The SMILES string of the molecule is [C-]#[N+]c1ccc(Oc2cccc(N3CCCC3CC(=C)O)c2)c(C(F)(F)F)c1.[C-]#[N+]c1ccc(Oc2cccc(N3CCCC3CC(=C)O)c2)cc1. The number of ether oxygens (including phenoxy) is 2. The van der Waals surface area contributed by atoms with Crippen LogP contribution in [0.4, 0.5) is 35.9 Å². The molecule has 2 saturated heterocycles. The number of alkyl halides is 3. The first-order valence-electron chi connectivity index (χ1n) is 16.8. The summed E-state index contributed by atoms with van der Waals surface area (Å²) < 4.78 is 51.5. The van der Waals surface area contributed by atoms with Crippen LogP contribution in [0.2, 0.25) is 0 Å². The van der Waals surface area contributed by atoms with E-state index in [1.54, 1.807) is 42.5 Å². The highest BCUT2D eigenvalue weighted by Gasteiger charge is 2.35. The second-order valence-corrected chi connectivity index (χ2v) is 12.6. The molecule has 2 aliphatic rings. The van der Waals surface area contributed by atoms with Crippen molar-refractivity contribution in [1.82, 2.24) is 0 Å². The van der Waals surface area contributed by atoms with E-state index in [1.165, 1.54) is 6.07 Å². The topological polar surface area (TPSA) is 74.1 Å². The van der Waals surface area contributed by atoms with Gasteiger partial charge in [0.15, 0.2) is 11.4 Å². The van der Waals surface area contributed by atoms with E-state index in [0.29, 0.717) is 24.3 Å². The van der Waals surface area contributed by atoms with E-state index in [-0.39, 0.29) is 40.8 Å². The summed E-state index contributed by atoms with van der Waals surface area (Å²) in [5.74, 6) is 1.74. The highest BCUT2D eigenvalue weighted by molar-refractivity contribution is 5.57. The lowest BCUT2D eigenvalue weighted by atomic mass is 10.1. The molecule has 0 aliphatic carbocycles. The molecule has 0 aromatic heterocycles. The molecule has 6 rings (SSSR count). The first kappa shape index (κ1) is 37.2. The first-order valence-corrected chi connectivity index (χ1v) is 16.8. The second-order valence-electron chi connectivity index (χ2n) is 12.6. The molecule has 2 aliphatic heterocycles. The van der Waals surface area contributed by atoms with Crippen molar-refractivity contribution in [2.45, 2.75) is 56.8 Å². The number of rotatable bonds is 10. The Morgan fingerprint density at radius 2 is 1.19 bits per heavy atom. The molecule has 268 valence electrons. The zero-order valence-electron chi connectivity index (χ0n) is 28.5. The Bertz CT molecular complexity index is 1970. The van der Waals surface area contributed by atoms with Gasteiger partial charge in [-0.1, -0.05) is 43.5 Å². The Labute approximate surface area is 301 Å². The molecule has 0 radical (unpaired) electrons. The molecule has 2 heterocycles. The van der Waals surface area contributed by atoms with Crippen molar-refractivity contribution in [2.24, 2.45) is 0 Å². The van der Waals surface area contributed by atoms with E-state index < -0.39 is 11.7 Å². The predicted octanol–water partition coefficient (Wildman–Crippen LogP) is 11.9. The molecule has 4 aromatic carbocycles. The summed E-state index contributed by atoms with van der Waals surface area (Å²) in [6.45, 7) is 22.8. The number of halogens is 3. The quantitative estimate of drug-likeness (QED) is 0.126. The van der Waals surface area contributed by atoms with Crippen LogP contribution in [0.5, 0.6) is 23.0 Å². The van der Waals surface area contributed by atoms with Crippen LogP contribution in [-0.2, 0) is 6.18 Å². The Hall–Kier alpha value is -6.07. The predicted molar refractivity (Wildman–Crippen MR) is 197 cm³/mol. The summed E-state index contributed by atoms with van der Waals surface area (Å²) in [6, 6.07) is 25.5. The van der Waals surface area contributed by atoms with Crippen molar-refractivity contribution >= 4 is 22.7 Å². The molecule has 0 bridgehead atoms. The van der Waals surface area contributed by atoms with Gasteiger partial charge in [0.25, 0.3) is 0 Å². The number of aliphatic hydroxyl groups excluding tert-OH is 2. The fourth-order valence-corrected chi connectivity index (χ4v) is 6.52. The smallest absolute Gasteiger partial charge is 0.418 e. The van der Waals surface area contributed by atoms with Crippen molar-refractivity contribution in [3.8, 4) is 23.0 Å². The van der Waals surface area contributed by atoms with Gasteiger partial charge in [-0.05, 0) is 74.2 Å². The highest BCUT2D eigenvalue weighted by Crippen LogP contribution is 2.41. The number of hydrogen-bond acceptors (Lipinski definition) is 6. The number of nitrogens with zero attached hydrogens (tertiary/aromatic N) is 4. The van der Waals surface area contributed by atoms with Gasteiger partial charge in [-0.25, -0.2) is 9.69 Å². The normalized spacial score (nSPS) is 16.6. The molecule has 0 amide bonds. The third-order valence-electron chi connectivity index (χ3n) is 8.82. The van der Waals surface area contributed by atoms with Crippen molar-refractivity contribution in [2.75, 3.05) is 22.9 Å². The maximum atomic E-state index is 13.3. The van der Waals surface area contributed by atoms with Gasteiger partial charge in [0.2, 0.25) is 0 Å². The maximum absolute atomic E-state index is 13.3. The minimum atomic E-state index is -4.63. The van der Waals surface area contributed by atoms with E-state index in [0.717, 1.165) is 68.0 Å². The molecule has 8 nitrogen and oxygen atoms in total. The average Bonchev–Trinajstić information content (AvgIpc) is 3.78. The Balaban J connectivity index is 0.000000203. The first-order chi connectivity index (χ1) is 24.9. The Morgan fingerprint density at radius 3 is 1.67 bits per heavy atom. The largest absolute Gasteiger partial charge is 0.513 e. The molecular weight excluding hydrogens is 669 g/mol. The molecule has 2 atom stereocenters. The van der Waals surface area contributed by atoms with Crippen molar-refractivity contribution < 1.29 is 32.9 Å². The van der Waals surface area contributed by atoms with Crippen molar-refractivity contribution in [1.29, 1.82) is 0 Å². The standard InChI is InChI=1S/C21H19F3N2O2.C20H20N2O2/c1-14(27)11-16-6-4-10-26(16)17-5-3-7-18(13-17)28-20-9-8-15(25-2)12-19(20)21(22,23)24;1-15(23)13-17-6-4-12-22(17)18-5-3-7-20(14-18)24-19-10-8-16(21-2)9-11-19/h3,5,7-9,12-13,16,27H,1,4,6,10-11H2;3,5,7-11,14,17,23H,1,4,6,12-13H2.